The summed E-state index contributed by atoms with van der Waals surface area (Å²) >= 11 is 0. The zero-order valence-electron chi connectivity index (χ0n) is 15.3. The van der Waals surface area contributed by atoms with Crippen LogP contribution in [0, 0.1) is 13.8 Å². The molecule has 0 saturated carbocycles. The second kappa shape index (κ2) is 8.63. The molecule has 1 fully saturated rings. The molecule has 0 spiro atoms. The van der Waals surface area contributed by atoms with Gasteiger partial charge < -0.3 is 14.4 Å². The molecule has 26 heavy (non-hydrogen) atoms. The van der Waals surface area contributed by atoms with Crippen LogP contribution in [0.5, 0.6) is 5.75 Å². The van der Waals surface area contributed by atoms with E-state index in [-0.39, 0.29) is 12.5 Å². The van der Waals surface area contributed by atoms with Crippen LogP contribution < -0.4 is 4.74 Å². The van der Waals surface area contributed by atoms with Gasteiger partial charge in [0, 0.05) is 19.3 Å². The predicted octanol–water partition coefficient (Wildman–Crippen LogP) is 3.29. The van der Waals surface area contributed by atoms with Gasteiger partial charge in [-0.2, -0.15) is 0 Å². The molecular weight excluding hydrogens is 328 g/mol. The molecule has 0 bridgehead atoms. The predicted molar refractivity (Wildman–Crippen MR) is 103 cm³/mol. The van der Waals surface area contributed by atoms with Crippen molar-refractivity contribution in [3.05, 3.63) is 59.2 Å². The average Bonchev–Trinajstić information content (AvgIpc) is 2.67. The Morgan fingerprint density at radius 3 is 2.58 bits per heavy atom. The summed E-state index contributed by atoms with van der Waals surface area (Å²) in [5, 5.41) is 0. The van der Waals surface area contributed by atoms with E-state index in [2.05, 4.69) is 31.0 Å². The van der Waals surface area contributed by atoms with Gasteiger partial charge in [-0.3, -0.25) is 9.79 Å². The SMILES string of the molecule is Cc1ccc(N=Cc2ccc(OCC(=O)N3CCOCC3)cc2)c(C)c1. The average molecular weight is 352 g/mol. The minimum atomic E-state index is -0.00575. The third-order valence-electron chi connectivity index (χ3n) is 4.31. The fraction of sp³-hybridized carbons (Fsp3) is 0.333. The number of hydrogen-bond acceptors (Lipinski definition) is 4. The minimum absolute atomic E-state index is 0.00575. The monoisotopic (exact) mass is 352 g/mol. The molecule has 1 saturated heterocycles. The Morgan fingerprint density at radius 2 is 1.88 bits per heavy atom. The zero-order valence-corrected chi connectivity index (χ0v) is 15.3. The third-order valence-corrected chi connectivity index (χ3v) is 4.31. The van der Waals surface area contributed by atoms with Crippen molar-refractivity contribution in [1.82, 2.24) is 4.90 Å². The van der Waals surface area contributed by atoms with Crippen molar-refractivity contribution in [2.45, 2.75) is 13.8 Å². The van der Waals surface area contributed by atoms with E-state index in [1.807, 2.05) is 36.5 Å². The van der Waals surface area contributed by atoms with Crippen LogP contribution in [0.3, 0.4) is 0 Å². The number of benzene rings is 2. The molecule has 2 aromatic carbocycles. The maximum absolute atomic E-state index is 12.1. The number of nitrogens with zero attached hydrogens (tertiary/aromatic N) is 2. The number of amides is 1. The number of aryl methyl sites for hydroxylation is 2. The number of hydrogen-bond donors (Lipinski definition) is 0. The Kier molecular flexibility index (Phi) is 6.02. The summed E-state index contributed by atoms with van der Waals surface area (Å²) in [6.45, 7) is 6.65. The molecule has 0 aromatic heterocycles. The summed E-state index contributed by atoms with van der Waals surface area (Å²) in [4.78, 5) is 18.4. The lowest BCUT2D eigenvalue weighted by Crippen LogP contribution is -2.42. The van der Waals surface area contributed by atoms with Crippen LogP contribution in [0.15, 0.2) is 47.5 Å². The van der Waals surface area contributed by atoms with Gasteiger partial charge in [0.2, 0.25) is 0 Å². The van der Waals surface area contributed by atoms with Crippen molar-refractivity contribution in [3.63, 3.8) is 0 Å². The van der Waals surface area contributed by atoms with E-state index in [0.717, 1.165) is 16.8 Å². The first-order chi connectivity index (χ1) is 12.6. The molecular formula is C21H24N2O3. The van der Waals surface area contributed by atoms with Gasteiger partial charge >= 0.3 is 0 Å². The number of rotatable bonds is 5. The molecule has 0 N–H and O–H groups in total. The van der Waals surface area contributed by atoms with Crippen molar-refractivity contribution >= 4 is 17.8 Å². The Hall–Kier alpha value is -2.66. The Morgan fingerprint density at radius 1 is 1.15 bits per heavy atom. The van der Waals surface area contributed by atoms with Gasteiger partial charge in [0.1, 0.15) is 5.75 Å². The maximum Gasteiger partial charge on any atom is 0.260 e. The smallest absolute Gasteiger partial charge is 0.260 e. The highest BCUT2D eigenvalue weighted by atomic mass is 16.5. The molecule has 0 unspecified atom stereocenters. The highest BCUT2D eigenvalue weighted by Gasteiger charge is 2.16. The first kappa shape index (κ1) is 18.1. The van der Waals surface area contributed by atoms with E-state index < -0.39 is 0 Å². The number of ether oxygens (including phenoxy) is 2. The number of morpholine rings is 1. The first-order valence-corrected chi connectivity index (χ1v) is 8.81. The first-order valence-electron chi connectivity index (χ1n) is 8.81. The lowest BCUT2D eigenvalue weighted by Gasteiger charge is -2.26. The number of aliphatic imine (C=N–C) groups is 1. The van der Waals surface area contributed by atoms with Crippen LogP contribution in [0.4, 0.5) is 5.69 Å². The summed E-state index contributed by atoms with van der Waals surface area (Å²) in [7, 11) is 0. The van der Waals surface area contributed by atoms with Crippen molar-refractivity contribution in [1.29, 1.82) is 0 Å². The van der Waals surface area contributed by atoms with Gasteiger partial charge in [-0.1, -0.05) is 17.7 Å². The fourth-order valence-electron chi connectivity index (χ4n) is 2.79. The highest BCUT2D eigenvalue weighted by Crippen LogP contribution is 2.19. The van der Waals surface area contributed by atoms with Crippen molar-refractivity contribution in [2.24, 2.45) is 4.99 Å². The van der Waals surface area contributed by atoms with Crippen LogP contribution in [0.1, 0.15) is 16.7 Å². The number of carbonyl (C=O) groups is 1. The quantitative estimate of drug-likeness (QED) is 0.776. The lowest BCUT2D eigenvalue weighted by molar-refractivity contribution is -0.137. The largest absolute Gasteiger partial charge is 0.484 e. The summed E-state index contributed by atoms with van der Waals surface area (Å²) in [6, 6.07) is 13.8. The van der Waals surface area contributed by atoms with Gasteiger partial charge in [0.25, 0.3) is 5.91 Å². The topological polar surface area (TPSA) is 51.1 Å². The molecule has 0 atom stereocenters. The van der Waals surface area contributed by atoms with Crippen LogP contribution in [0.2, 0.25) is 0 Å². The Balaban J connectivity index is 1.54. The fourth-order valence-corrected chi connectivity index (χ4v) is 2.79. The van der Waals surface area contributed by atoms with E-state index in [1.54, 1.807) is 4.90 Å². The molecule has 1 aliphatic rings. The number of carbonyl (C=O) groups excluding carboxylic acids is 1. The van der Waals surface area contributed by atoms with Gasteiger partial charge in [-0.15, -0.1) is 0 Å². The second-order valence-corrected chi connectivity index (χ2v) is 6.40. The van der Waals surface area contributed by atoms with Crippen molar-refractivity contribution in [2.75, 3.05) is 32.9 Å². The van der Waals surface area contributed by atoms with Crippen molar-refractivity contribution < 1.29 is 14.3 Å². The van der Waals surface area contributed by atoms with Crippen LogP contribution >= 0.6 is 0 Å². The Labute approximate surface area is 154 Å². The summed E-state index contributed by atoms with van der Waals surface area (Å²) in [5.74, 6) is 0.670. The highest BCUT2D eigenvalue weighted by molar-refractivity contribution is 5.82. The molecule has 136 valence electrons. The standard InChI is InChI=1S/C21H24N2O3/c1-16-3-8-20(17(2)13-16)22-14-18-4-6-19(7-5-18)26-15-21(24)23-9-11-25-12-10-23/h3-8,13-14H,9-12,15H2,1-2H3. The second-order valence-electron chi connectivity index (χ2n) is 6.40. The van der Waals surface area contributed by atoms with E-state index >= 15 is 0 Å². The third kappa shape index (κ3) is 4.92. The minimum Gasteiger partial charge on any atom is -0.484 e. The summed E-state index contributed by atoms with van der Waals surface area (Å²) in [5.41, 5.74) is 4.33. The van der Waals surface area contributed by atoms with Gasteiger partial charge in [-0.05, 0) is 55.3 Å². The van der Waals surface area contributed by atoms with Crippen LogP contribution in [0.25, 0.3) is 0 Å². The Bertz CT molecular complexity index is 778. The maximum atomic E-state index is 12.1. The van der Waals surface area contributed by atoms with Crippen molar-refractivity contribution in [3.8, 4) is 5.75 Å². The summed E-state index contributed by atoms with van der Waals surface area (Å²) < 4.78 is 10.8. The molecule has 1 aliphatic heterocycles. The molecule has 0 radical (unpaired) electrons. The van der Waals surface area contributed by atoms with Gasteiger partial charge in [0.05, 0.1) is 18.9 Å². The van der Waals surface area contributed by atoms with E-state index in [9.17, 15) is 4.79 Å². The molecule has 5 heteroatoms. The van der Waals surface area contributed by atoms with E-state index in [1.165, 1.54) is 5.56 Å². The molecule has 0 aliphatic carbocycles. The zero-order chi connectivity index (χ0) is 18.4. The van der Waals surface area contributed by atoms with Crippen LogP contribution in [-0.4, -0.2) is 49.9 Å². The molecule has 2 aromatic rings. The lowest BCUT2D eigenvalue weighted by atomic mass is 10.1. The van der Waals surface area contributed by atoms with E-state index in [4.69, 9.17) is 9.47 Å². The molecule has 1 amide bonds. The summed E-state index contributed by atoms with van der Waals surface area (Å²) in [6.07, 6.45) is 1.83. The molecule has 5 nitrogen and oxygen atoms in total. The van der Waals surface area contributed by atoms with Gasteiger partial charge in [0.15, 0.2) is 6.61 Å². The molecule has 1 heterocycles. The van der Waals surface area contributed by atoms with E-state index in [0.29, 0.717) is 32.1 Å². The van der Waals surface area contributed by atoms with Gasteiger partial charge in [-0.25, -0.2) is 0 Å². The molecule has 3 rings (SSSR count). The normalized spacial score (nSPS) is 14.6. The van der Waals surface area contributed by atoms with Crippen LogP contribution in [-0.2, 0) is 9.53 Å².